The van der Waals surface area contributed by atoms with Crippen molar-refractivity contribution in [3.63, 3.8) is 0 Å². The summed E-state index contributed by atoms with van der Waals surface area (Å²) in [6, 6.07) is 0. The van der Waals surface area contributed by atoms with Gasteiger partial charge < -0.3 is 10.2 Å². The van der Waals surface area contributed by atoms with E-state index in [4.69, 9.17) is 10.2 Å². The highest BCUT2D eigenvalue weighted by Gasteiger charge is 2.04. The second-order valence-electron chi connectivity index (χ2n) is 5.20. The van der Waals surface area contributed by atoms with E-state index in [-0.39, 0.29) is 0 Å². The molecule has 0 spiro atoms. The van der Waals surface area contributed by atoms with Crippen molar-refractivity contribution < 1.29 is 4.42 Å². The smallest absolute Gasteiger partial charge is 0.276 e. The Hall–Kier alpha value is -0.550. The summed E-state index contributed by atoms with van der Waals surface area (Å²) in [4.78, 5) is 0. The van der Waals surface area contributed by atoms with Crippen molar-refractivity contribution in [1.29, 1.82) is 0 Å². The van der Waals surface area contributed by atoms with E-state index in [0.29, 0.717) is 17.7 Å². The first kappa shape index (κ1) is 17.5. The molecule has 0 saturated carbocycles. The minimum absolute atomic E-state index is 0.325. The molecule has 0 bridgehead atoms. The largest absolute Gasteiger partial charge is 0.415 e. The van der Waals surface area contributed by atoms with E-state index in [1.165, 1.54) is 64.2 Å². The standard InChI is InChI=1S/C15H29N3OS/c1-2-3-4-5-6-7-8-9-10-11-12-20-15-18-17-14(13-16)19-15/h2-13,16H2,1H3. The molecule has 0 atom stereocenters. The van der Waals surface area contributed by atoms with Gasteiger partial charge >= 0.3 is 0 Å². The molecule has 0 saturated heterocycles. The molecule has 2 N–H and O–H groups in total. The molecule has 5 heteroatoms. The fourth-order valence-electron chi connectivity index (χ4n) is 2.13. The van der Waals surface area contributed by atoms with Crippen molar-refractivity contribution in [1.82, 2.24) is 10.2 Å². The maximum atomic E-state index is 5.42. The van der Waals surface area contributed by atoms with Gasteiger partial charge in [-0.05, 0) is 6.42 Å². The van der Waals surface area contributed by atoms with Crippen LogP contribution >= 0.6 is 11.8 Å². The Kier molecular flexibility index (Phi) is 10.7. The Labute approximate surface area is 127 Å². The highest BCUT2D eigenvalue weighted by Crippen LogP contribution is 2.18. The lowest BCUT2D eigenvalue weighted by Crippen LogP contribution is -1.95. The molecule has 0 unspecified atom stereocenters. The number of unbranched alkanes of at least 4 members (excludes halogenated alkanes) is 9. The fraction of sp³-hybridized carbons (Fsp3) is 0.867. The van der Waals surface area contributed by atoms with E-state index in [2.05, 4.69) is 17.1 Å². The third-order valence-electron chi connectivity index (χ3n) is 3.35. The third-order valence-corrected chi connectivity index (χ3v) is 4.25. The van der Waals surface area contributed by atoms with E-state index >= 15 is 0 Å². The van der Waals surface area contributed by atoms with Gasteiger partial charge in [-0.25, -0.2) is 0 Å². The average Bonchev–Trinajstić information content (AvgIpc) is 2.93. The Morgan fingerprint density at radius 3 is 2.05 bits per heavy atom. The van der Waals surface area contributed by atoms with Crippen LogP contribution in [0.3, 0.4) is 0 Å². The van der Waals surface area contributed by atoms with E-state index in [1.807, 2.05) is 0 Å². The molecular formula is C15H29N3OS. The van der Waals surface area contributed by atoms with Gasteiger partial charge in [0.25, 0.3) is 5.22 Å². The Balaban J connectivity index is 1.83. The zero-order chi connectivity index (χ0) is 14.5. The van der Waals surface area contributed by atoms with Gasteiger partial charge in [-0.3, -0.25) is 0 Å². The Morgan fingerprint density at radius 1 is 0.900 bits per heavy atom. The van der Waals surface area contributed by atoms with Crippen LogP contribution in [0.5, 0.6) is 0 Å². The summed E-state index contributed by atoms with van der Waals surface area (Å²) in [5.41, 5.74) is 5.42. The molecule has 1 heterocycles. The highest BCUT2D eigenvalue weighted by atomic mass is 32.2. The zero-order valence-corrected chi connectivity index (χ0v) is 13.6. The second kappa shape index (κ2) is 12.2. The molecule has 1 aromatic rings. The quantitative estimate of drug-likeness (QED) is 0.428. The first-order valence-corrected chi connectivity index (χ1v) is 9.00. The van der Waals surface area contributed by atoms with Crippen molar-refractivity contribution in [3.8, 4) is 0 Å². The van der Waals surface area contributed by atoms with Crippen molar-refractivity contribution >= 4 is 11.8 Å². The Bertz CT molecular complexity index is 331. The van der Waals surface area contributed by atoms with Gasteiger partial charge in [0.1, 0.15) is 0 Å². The van der Waals surface area contributed by atoms with Crippen LogP contribution in [0.15, 0.2) is 9.64 Å². The third kappa shape index (κ3) is 8.59. The molecule has 1 rings (SSSR count). The van der Waals surface area contributed by atoms with E-state index in [9.17, 15) is 0 Å². The number of thioether (sulfide) groups is 1. The second-order valence-corrected chi connectivity index (χ2v) is 6.24. The number of hydrogen-bond acceptors (Lipinski definition) is 5. The lowest BCUT2D eigenvalue weighted by Gasteiger charge is -2.01. The van der Waals surface area contributed by atoms with E-state index in [1.54, 1.807) is 11.8 Å². The minimum atomic E-state index is 0.325. The fourth-order valence-corrected chi connectivity index (χ4v) is 2.90. The summed E-state index contributed by atoms with van der Waals surface area (Å²) in [6.07, 6.45) is 13.7. The van der Waals surface area contributed by atoms with Crippen LogP contribution < -0.4 is 5.73 Å². The van der Waals surface area contributed by atoms with Crippen LogP contribution in [0.1, 0.15) is 77.0 Å². The van der Waals surface area contributed by atoms with Crippen molar-refractivity contribution in [2.75, 3.05) is 5.75 Å². The number of nitrogens with two attached hydrogens (primary N) is 1. The van der Waals surface area contributed by atoms with Crippen molar-refractivity contribution in [2.45, 2.75) is 82.9 Å². The SMILES string of the molecule is CCCCCCCCCCCCSc1nnc(CN)o1. The molecule has 4 nitrogen and oxygen atoms in total. The van der Waals surface area contributed by atoms with Crippen molar-refractivity contribution in [3.05, 3.63) is 5.89 Å². The lowest BCUT2D eigenvalue weighted by molar-refractivity contribution is 0.414. The summed E-state index contributed by atoms with van der Waals surface area (Å²) in [7, 11) is 0. The van der Waals surface area contributed by atoms with E-state index in [0.717, 1.165) is 5.75 Å². The lowest BCUT2D eigenvalue weighted by atomic mass is 10.1. The Morgan fingerprint density at radius 2 is 1.50 bits per heavy atom. The molecule has 0 aliphatic carbocycles. The van der Waals surface area contributed by atoms with Gasteiger partial charge in [-0.15, -0.1) is 10.2 Å². The number of nitrogens with zero attached hydrogens (tertiary/aromatic N) is 2. The van der Waals surface area contributed by atoms with E-state index < -0.39 is 0 Å². The summed E-state index contributed by atoms with van der Waals surface area (Å²) in [6.45, 7) is 2.59. The maximum absolute atomic E-state index is 5.42. The van der Waals surface area contributed by atoms with Crippen LogP contribution in [0.25, 0.3) is 0 Å². The minimum Gasteiger partial charge on any atom is -0.415 e. The van der Waals surface area contributed by atoms with Crippen LogP contribution in [-0.2, 0) is 6.54 Å². The van der Waals surface area contributed by atoms with Crippen LogP contribution in [0.4, 0.5) is 0 Å². The predicted octanol–water partition coefficient (Wildman–Crippen LogP) is 4.54. The van der Waals surface area contributed by atoms with Crippen LogP contribution in [-0.4, -0.2) is 16.0 Å². The molecule has 116 valence electrons. The van der Waals surface area contributed by atoms with Gasteiger partial charge in [0.2, 0.25) is 5.89 Å². The molecule has 0 aliphatic heterocycles. The highest BCUT2D eigenvalue weighted by molar-refractivity contribution is 7.99. The first-order valence-electron chi connectivity index (χ1n) is 8.02. The average molecular weight is 299 g/mol. The summed E-state index contributed by atoms with van der Waals surface area (Å²) < 4.78 is 5.34. The maximum Gasteiger partial charge on any atom is 0.276 e. The molecule has 0 fully saturated rings. The normalized spacial score (nSPS) is 11.1. The van der Waals surface area contributed by atoms with Gasteiger partial charge in [0, 0.05) is 5.75 Å². The summed E-state index contributed by atoms with van der Waals surface area (Å²) in [5.74, 6) is 1.58. The first-order chi connectivity index (χ1) is 9.86. The molecule has 0 amide bonds. The van der Waals surface area contributed by atoms with Gasteiger partial charge in [0.15, 0.2) is 0 Å². The predicted molar refractivity (Wildman–Crippen MR) is 84.8 cm³/mol. The number of rotatable bonds is 13. The summed E-state index contributed by atoms with van der Waals surface area (Å²) in [5, 5.41) is 8.43. The van der Waals surface area contributed by atoms with Crippen molar-refractivity contribution in [2.24, 2.45) is 5.73 Å². The molecular weight excluding hydrogens is 270 g/mol. The topological polar surface area (TPSA) is 64.9 Å². The molecule has 1 aromatic heterocycles. The monoisotopic (exact) mass is 299 g/mol. The zero-order valence-electron chi connectivity index (χ0n) is 12.8. The van der Waals surface area contributed by atoms with Crippen LogP contribution in [0.2, 0.25) is 0 Å². The number of aromatic nitrogens is 2. The van der Waals surface area contributed by atoms with Gasteiger partial charge in [0.05, 0.1) is 6.54 Å². The molecule has 20 heavy (non-hydrogen) atoms. The van der Waals surface area contributed by atoms with Gasteiger partial charge in [-0.2, -0.15) is 0 Å². The molecule has 0 aliphatic rings. The number of hydrogen-bond donors (Lipinski definition) is 1. The van der Waals surface area contributed by atoms with Crippen LogP contribution in [0, 0.1) is 0 Å². The summed E-state index contributed by atoms with van der Waals surface area (Å²) >= 11 is 1.64. The molecule has 0 radical (unpaired) electrons. The molecule has 0 aromatic carbocycles. The van der Waals surface area contributed by atoms with Gasteiger partial charge in [-0.1, -0.05) is 76.5 Å².